The average molecular weight is 308 g/mol. The Kier molecular flexibility index (Phi) is 3.42. The van der Waals surface area contributed by atoms with E-state index in [1.165, 1.54) is 5.56 Å². The lowest BCUT2D eigenvalue weighted by Crippen LogP contribution is -2.25. The van der Waals surface area contributed by atoms with E-state index in [2.05, 4.69) is 15.5 Å². The molecule has 1 amide bonds. The van der Waals surface area contributed by atoms with Crippen molar-refractivity contribution in [3.8, 4) is 5.75 Å². The van der Waals surface area contributed by atoms with Crippen LogP contribution < -0.4 is 10.1 Å². The lowest BCUT2D eigenvalue weighted by Gasteiger charge is -2.06. The number of pyridine rings is 1. The number of amides is 1. The van der Waals surface area contributed by atoms with Crippen LogP contribution in [-0.4, -0.2) is 27.1 Å². The Morgan fingerprint density at radius 3 is 3.17 bits per heavy atom. The average Bonchev–Trinajstić information content (AvgIpc) is 3.19. The van der Waals surface area contributed by atoms with Crippen LogP contribution in [0.2, 0.25) is 0 Å². The van der Waals surface area contributed by atoms with Crippen LogP contribution in [0.25, 0.3) is 5.65 Å². The molecule has 0 radical (unpaired) electrons. The van der Waals surface area contributed by atoms with Gasteiger partial charge in [-0.2, -0.15) is 0 Å². The summed E-state index contributed by atoms with van der Waals surface area (Å²) in [6, 6.07) is 11.7. The highest BCUT2D eigenvalue weighted by Gasteiger charge is 2.13. The minimum absolute atomic E-state index is 0.0457. The number of benzene rings is 1. The van der Waals surface area contributed by atoms with E-state index >= 15 is 0 Å². The second-order valence-electron chi connectivity index (χ2n) is 5.54. The fourth-order valence-electron chi connectivity index (χ4n) is 2.76. The third-order valence-electron chi connectivity index (χ3n) is 3.95. The third kappa shape index (κ3) is 2.75. The Hall–Kier alpha value is -2.89. The zero-order chi connectivity index (χ0) is 15.6. The number of rotatable bonds is 4. The number of nitrogens with zero attached hydrogens (tertiary/aromatic N) is 3. The summed E-state index contributed by atoms with van der Waals surface area (Å²) in [4.78, 5) is 12.1. The third-order valence-corrected chi connectivity index (χ3v) is 3.95. The summed E-state index contributed by atoms with van der Waals surface area (Å²) in [5.41, 5.74) is 2.94. The molecular weight excluding hydrogens is 292 g/mol. The van der Waals surface area contributed by atoms with Gasteiger partial charge in [-0.25, -0.2) is 0 Å². The second-order valence-corrected chi connectivity index (χ2v) is 5.54. The summed E-state index contributed by atoms with van der Waals surface area (Å²) in [7, 11) is 0. The Bertz CT molecular complexity index is 872. The van der Waals surface area contributed by atoms with E-state index in [4.69, 9.17) is 4.74 Å². The van der Waals surface area contributed by atoms with Crippen LogP contribution >= 0.6 is 0 Å². The summed E-state index contributed by atoms with van der Waals surface area (Å²) in [5.74, 6) is 1.57. The molecule has 6 nitrogen and oxygen atoms in total. The van der Waals surface area contributed by atoms with Gasteiger partial charge in [-0.1, -0.05) is 18.2 Å². The van der Waals surface area contributed by atoms with E-state index in [-0.39, 0.29) is 5.91 Å². The number of carbonyl (C=O) groups excluding carboxylic acids is 1. The lowest BCUT2D eigenvalue weighted by atomic mass is 10.1. The van der Waals surface area contributed by atoms with Crippen LogP contribution in [0.3, 0.4) is 0 Å². The molecule has 2 aromatic heterocycles. The van der Waals surface area contributed by atoms with Gasteiger partial charge in [0.2, 0.25) is 5.91 Å². The highest BCUT2D eigenvalue weighted by molar-refractivity contribution is 5.78. The van der Waals surface area contributed by atoms with Crippen LogP contribution in [0.15, 0.2) is 42.6 Å². The predicted octanol–water partition coefficient (Wildman–Crippen LogP) is 1.52. The Morgan fingerprint density at radius 1 is 1.26 bits per heavy atom. The normalized spacial score (nSPS) is 12.9. The van der Waals surface area contributed by atoms with Gasteiger partial charge in [-0.05, 0) is 29.3 Å². The van der Waals surface area contributed by atoms with E-state index in [0.29, 0.717) is 18.8 Å². The van der Waals surface area contributed by atoms with E-state index in [1.807, 2.05) is 47.0 Å². The molecule has 4 rings (SSSR count). The maximum atomic E-state index is 12.1. The number of carbonyl (C=O) groups is 1. The first-order chi connectivity index (χ1) is 11.3. The quantitative estimate of drug-likeness (QED) is 0.793. The SMILES string of the molecule is O=C(Cc1ccc2c(c1)OCC2)NCc1nnc2ccccn12. The van der Waals surface area contributed by atoms with Crippen molar-refractivity contribution in [2.24, 2.45) is 0 Å². The lowest BCUT2D eigenvalue weighted by molar-refractivity contribution is -0.120. The van der Waals surface area contributed by atoms with Crippen LogP contribution in [0.4, 0.5) is 0 Å². The molecule has 1 aromatic carbocycles. The molecule has 3 aromatic rings. The van der Waals surface area contributed by atoms with Crippen LogP contribution in [-0.2, 0) is 24.2 Å². The molecule has 0 saturated heterocycles. The minimum Gasteiger partial charge on any atom is -0.493 e. The van der Waals surface area contributed by atoms with Gasteiger partial charge in [-0.15, -0.1) is 10.2 Å². The van der Waals surface area contributed by atoms with Crippen LogP contribution in [0, 0.1) is 0 Å². The molecule has 116 valence electrons. The highest BCUT2D eigenvalue weighted by Crippen LogP contribution is 2.26. The molecule has 0 fully saturated rings. The molecule has 0 aliphatic carbocycles. The van der Waals surface area contributed by atoms with Gasteiger partial charge in [0.15, 0.2) is 11.5 Å². The van der Waals surface area contributed by atoms with Gasteiger partial charge < -0.3 is 10.1 Å². The highest BCUT2D eigenvalue weighted by atomic mass is 16.5. The van der Waals surface area contributed by atoms with Crippen molar-refractivity contribution in [2.75, 3.05) is 6.61 Å². The zero-order valence-electron chi connectivity index (χ0n) is 12.5. The standard InChI is InChI=1S/C17H16N4O2/c22-17(10-12-4-5-13-6-8-23-14(13)9-12)18-11-16-20-19-15-3-1-2-7-21(15)16/h1-5,7,9H,6,8,10-11H2,(H,18,22). The van der Waals surface area contributed by atoms with E-state index in [0.717, 1.165) is 30.0 Å². The molecule has 0 unspecified atom stereocenters. The van der Waals surface area contributed by atoms with Crippen molar-refractivity contribution in [3.05, 3.63) is 59.5 Å². The Labute approximate surface area is 133 Å². The second kappa shape index (κ2) is 5.72. The molecule has 0 saturated carbocycles. The molecule has 0 atom stereocenters. The number of aromatic nitrogens is 3. The number of hydrogen-bond acceptors (Lipinski definition) is 4. The number of ether oxygens (including phenoxy) is 1. The summed E-state index contributed by atoms with van der Waals surface area (Å²) in [6.45, 7) is 1.08. The van der Waals surface area contributed by atoms with Crippen molar-refractivity contribution in [2.45, 2.75) is 19.4 Å². The van der Waals surface area contributed by atoms with Crippen molar-refractivity contribution in [1.82, 2.24) is 19.9 Å². The maximum Gasteiger partial charge on any atom is 0.224 e. The first-order valence-electron chi connectivity index (χ1n) is 7.59. The largest absolute Gasteiger partial charge is 0.493 e. The molecule has 3 heterocycles. The van der Waals surface area contributed by atoms with E-state index < -0.39 is 0 Å². The van der Waals surface area contributed by atoms with Gasteiger partial charge >= 0.3 is 0 Å². The van der Waals surface area contributed by atoms with E-state index in [9.17, 15) is 4.79 Å². The van der Waals surface area contributed by atoms with Crippen LogP contribution in [0.1, 0.15) is 17.0 Å². The van der Waals surface area contributed by atoms with Gasteiger partial charge in [-0.3, -0.25) is 9.20 Å². The summed E-state index contributed by atoms with van der Waals surface area (Å²) >= 11 is 0. The smallest absolute Gasteiger partial charge is 0.224 e. The topological polar surface area (TPSA) is 68.5 Å². The Balaban J connectivity index is 1.40. The Morgan fingerprint density at radius 2 is 2.22 bits per heavy atom. The molecule has 0 bridgehead atoms. The number of fused-ring (bicyclic) bond motifs is 2. The first-order valence-corrected chi connectivity index (χ1v) is 7.59. The van der Waals surface area contributed by atoms with Crippen molar-refractivity contribution in [1.29, 1.82) is 0 Å². The van der Waals surface area contributed by atoms with Crippen molar-refractivity contribution < 1.29 is 9.53 Å². The molecular formula is C17H16N4O2. The number of hydrogen-bond donors (Lipinski definition) is 1. The van der Waals surface area contributed by atoms with Gasteiger partial charge in [0.25, 0.3) is 0 Å². The molecule has 1 N–H and O–H groups in total. The molecule has 23 heavy (non-hydrogen) atoms. The van der Waals surface area contributed by atoms with Gasteiger partial charge in [0.1, 0.15) is 5.75 Å². The minimum atomic E-state index is -0.0457. The monoisotopic (exact) mass is 308 g/mol. The fraction of sp³-hybridized carbons (Fsp3) is 0.235. The first kappa shape index (κ1) is 13.8. The summed E-state index contributed by atoms with van der Waals surface area (Å²) in [5, 5.41) is 11.1. The van der Waals surface area contributed by atoms with Crippen molar-refractivity contribution >= 4 is 11.6 Å². The number of nitrogens with one attached hydrogen (secondary N) is 1. The predicted molar refractivity (Wildman–Crippen MR) is 84.2 cm³/mol. The van der Waals surface area contributed by atoms with Crippen molar-refractivity contribution in [3.63, 3.8) is 0 Å². The fourth-order valence-corrected chi connectivity index (χ4v) is 2.76. The van der Waals surface area contributed by atoms with Gasteiger partial charge in [0, 0.05) is 12.6 Å². The maximum absolute atomic E-state index is 12.1. The molecule has 1 aliphatic rings. The molecule has 0 spiro atoms. The van der Waals surface area contributed by atoms with Gasteiger partial charge in [0.05, 0.1) is 19.6 Å². The molecule has 6 heteroatoms. The summed E-state index contributed by atoms with van der Waals surface area (Å²) in [6.07, 6.45) is 3.16. The van der Waals surface area contributed by atoms with Crippen LogP contribution in [0.5, 0.6) is 5.75 Å². The zero-order valence-corrected chi connectivity index (χ0v) is 12.5. The summed E-state index contributed by atoms with van der Waals surface area (Å²) < 4.78 is 7.40. The molecule has 1 aliphatic heterocycles. The van der Waals surface area contributed by atoms with E-state index in [1.54, 1.807) is 0 Å².